The van der Waals surface area contributed by atoms with Crippen LogP contribution in [0.2, 0.25) is 0 Å². The Morgan fingerprint density at radius 3 is 2.91 bits per heavy atom. The molecular formula is C17H20N4O2. The summed E-state index contributed by atoms with van der Waals surface area (Å²) in [5.41, 5.74) is 2.02. The molecule has 0 saturated carbocycles. The molecule has 2 atom stereocenters. The highest BCUT2D eigenvalue weighted by molar-refractivity contribution is 5.97. The molecule has 120 valence electrons. The van der Waals surface area contributed by atoms with Crippen molar-refractivity contribution in [2.45, 2.75) is 38.8 Å². The average molecular weight is 312 g/mol. The Morgan fingerprint density at radius 2 is 2.13 bits per heavy atom. The molecule has 0 radical (unpaired) electrons. The zero-order valence-corrected chi connectivity index (χ0v) is 13.1. The zero-order valence-electron chi connectivity index (χ0n) is 13.1. The van der Waals surface area contributed by atoms with E-state index < -0.39 is 0 Å². The van der Waals surface area contributed by atoms with Crippen molar-refractivity contribution in [1.82, 2.24) is 19.9 Å². The van der Waals surface area contributed by atoms with Gasteiger partial charge in [-0.3, -0.25) is 4.79 Å². The number of hydrogen-bond acceptors (Lipinski definition) is 4. The van der Waals surface area contributed by atoms with Crippen LogP contribution >= 0.6 is 0 Å². The third kappa shape index (κ3) is 2.21. The molecule has 1 unspecified atom stereocenters. The Labute approximate surface area is 135 Å². The molecule has 1 aliphatic rings. The van der Waals surface area contributed by atoms with E-state index in [9.17, 15) is 4.79 Å². The lowest BCUT2D eigenvalue weighted by molar-refractivity contribution is 0.0692. The number of nitrogens with one attached hydrogen (secondary N) is 1. The molecule has 0 bridgehead atoms. The quantitative estimate of drug-likeness (QED) is 0.786. The Bertz CT molecular complexity index is 862. The van der Waals surface area contributed by atoms with Gasteiger partial charge in [-0.05, 0) is 38.8 Å². The lowest BCUT2D eigenvalue weighted by Crippen LogP contribution is -2.38. The molecule has 0 aliphatic carbocycles. The van der Waals surface area contributed by atoms with Gasteiger partial charge >= 0.3 is 0 Å². The Balaban J connectivity index is 0.00000169. The van der Waals surface area contributed by atoms with E-state index in [1.54, 1.807) is 6.07 Å². The molecule has 23 heavy (non-hydrogen) atoms. The van der Waals surface area contributed by atoms with Gasteiger partial charge in [0.15, 0.2) is 5.76 Å². The molecule has 0 spiro atoms. The molecule has 1 saturated heterocycles. The topological polar surface area (TPSA) is 75.0 Å². The molecule has 0 aromatic carbocycles. The number of amides is 1. The van der Waals surface area contributed by atoms with Crippen LogP contribution in [0.3, 0.4) is 0 Å². The van der Waals surface area contributed by atoms with Crippen molar-refractivity contribution < 1.29 is 10.6 Å². The maximum atomic E-state index is 12.8. The zero-order chi connectivity index (χ0) is 16.0. The van der Waals surface area contributed by atoms with Crippen molar-refractivity contribution in [3.8, 4) is 11.5 Å². The van der Waals surface area contributed by atoms with E-state index in [2.05, 4.69) is 28.8 Å². The van der Waals surface area contributed by atoms with Crippen molar-refractivity contribution in [1.29, 1.82) is 0 Å². The first-order valence-corrected chi connectivity index (χ1v) is 7.85. The molecule has 1 fully saturated rings. The van der Waals surface area contributed by atoms with Crippen LogP contribution in [-0.4, -0.2) is 37.8 Å². The van der Waals surface area contributed by atoms with Crippen LogP contribution in [0.15, 0.2) is 35.3 Å². The summed E-state index contributed by atoms with van der Waals surface area (Å²) in [4.78, 5) is 26.2. The van der Waals surface area contributed by atoms with E-state index >= 15 is 0 Å². The van der Waals surface area contributed by atoms with Gasteiger partial charge in [0, 0.05) is 25.1 Å². The summed E-state index contributed by atoms with van der Waals surface area (Å²) < 4.78 is 5.63. The number of nitrogens with zero attached hydrogens (tertiary/aromatic N) is 3. The number of H-pyrrole nitrogens is 1. The van der Waals surface area contributed by atoms with E-state index in [-0.39, 0.29) is 19.4 Å². The van der Waals surface area contributed by atoms with Crippen LogP contribution in [0.4, 0.5) is 0 Å². The summed E-state index contributed by atoms with van der Waals surface area (Å²) in [5, 5.41) is 0.878. The molecule has 3 aromatic heterocycles. The molecule has 1 amide bonds. The minimum Gasteiger partial charge on any atom is -0.462 e. The van der Waals surface area contributed by atoms with Gasteiger partial charge in [0.1, 0.15) is 23.9 Å². The van der Waals surface area contributed by atoms with Gasteiger partial charge in [-0.1, -0.05) is 0 Å². The number of rotatable bonds is 2. The third-order valence-corrected chi connectivity index (χ3v) is 4.62. The Morgan fingerprint density at radius 1 is 1.35 bits per heavy atom. The fourth-order valence-corrected chi connectivity index (χ4v) is 3.39. The van der Waals surface area contributed by atoms with Crippen molar-refractivity contribution in [3.63, 3.8) is 0 Å². The second kappa shape index (κ2) is 5.22. The summed E-state index contributed by atoms with van der Waals surface area (Å²) >= 11 is 0. The largest absolute Gasteiger partial charge is 0.462 e. The minimum atomic E-state index is 0. The fraction of sp³-hybridized carbons (Fsp3) is 0.353. The molecule has 4 heterocycles. The Kier molecular flexibility index (Phi) is 3.18. The molecular weight excluding hydrogens is 292 g/mol. The minimum absolute atomic E-state index is 0. The predicted octanol–water partition coefficient (Wildman–Crippen LogP) is 3.48. The molecule has 6 nitrogen and oxygen atoms in total. The number of likely N-dealkylation sites (tertiary alicyclic amines) is 1. The van der Waals surface area contributed by atoms with Crippen molar-refractivity contribution in [2.75, 3.05) is 0 Å². The number of carbonyl (C=O) groups excluding carboxylic acids is 1. The van der Waals surface area contributed by atoms with Gasteiger partial charge < -0.3 is 14.3 Å². The number of aromatic amines is 1. The van der Waals surface area contributed by atoms with E-state index in [1.807, 2.05) is 17.2 Å². The number of furan rings is 1. The molecule has 6 heteroatoms. The second-order valence-electron chi connectivity index (χ2n) is 6.15. The van der Waals surface area contributed by atoms with Crippen LogP contribution < -0.4 is 0 Å². The number of aromatic nitrogens is 3. The van der Waals surface area contributed by atoms with E-state index in [0.717, 1.165) is 23.9 Å². The normalized spacial score (nSPS) is 21.2. The van der Waals surface area contributed by atoms with Gasteiger partial charge in [0.05, 0.1) is 5.56 Å². The van der Waals surface area contributed by atoms with Gasteiger partial charge in [0.25, 0.3) is 5.91 Å². The summed E-state index contributed by atoms with van der Waals surface area (Å²) in [6.45, 7) is 4.19. The van der Waals surface area contributed by atoms with E-state index in [4.69, 9.17) is 4.42 Å². The van der Waals surface area contributed by atoms with Gasteiger partial charge in [-0.2, -0.15) is 0 Å². The number of carbonyl (C=O) groups is 1. The highest BCUT2D eigenvalue weighted by Crippen LogP contribution is 2.29. The summed E-state index contributed by atoms with van der Waals surface area (Å²) in [6, 6.07) is 4.21. The third-order valence-electron chi connectivity index (χ3n) is 4.62. The first kappa shape index (κ1) is 14.0. The molecule has 1 N–H and O–H groups in total. The summed E-state index contributed by atoms with van der Waals surface area (Å²) in [5.74, 6) is 0.608. The van der Waals surface area contributed by atoms with Crippen molar-refractivity contribution in [3.05, 3.63) is 36.5 Å². The van der Waals surface area contributed by atoms with Crippen LogP contribution in [0.5, 0.6) is 0 Å². The lowest BCUT2D eigenvalue weighted by Gasteiger charge is -2.25. The maximum absolute atomic E-state index is 12.8. The fourth-order valence-electron chi connectivity index (χ4n) is 3.39. The first-order chi connectivity index (χ1) is 11.1. The van der Waals surface area contributed by atoms with Crippen LogP contribution in [-0.2, 0) is 0 Å². The maximum Gasteiger partial charge on any atom is 0.257 e. The molecule has 3 aromatic rings. The number of hydrogen-bond donors (Lipinski definition) is 1. The summed E-state index contributed by atoms with van der Waals surface area (Å²) in [7, 11) is 0. The average Bonchev–Trinajstić information content (AvgIpc) is 3.26. The summed E-state index contributed by atoms with van der Waals surface area (Å²) in [6.07, 6.45) is 6.92. The highest BCUT2D eigenvalue weighted by Gasteiger charge is 2.32. The molecule has 1 aliphatic heterocycles. The van der Waals surface area contributed by atoms with Crippen LogP contribution in [0, 0.1) is 0 Å². The second-order valence-corrected chi connectivity index (χ2v) is 6.15. The van der Waals surface area contributed by atoms with E-state index in [1.165, 1.54) is 12.6 Å². The molecule has 4 rings (SSSR count). The first-order valence-electron chi connectivity index (χ1n) is 7.85. The van der Waals surface area contributed by atoms with Crippen LogP contribution in [0.25, 0.3) is 22.5 Å². The van der Waals surface area contributed by atoms with Crippen molar-refractivity contribution >= 4 is 16.9 Å². The van der Waals surface area contributed by atoms with Gasteiger partial charge in [-0.15, -0.1) is 0 Å². The number of fused-ring (bicyclic) bond motifs is 1. The Hall–Kier alpha value is -2.63. The van der Waals surface area contributed by atoms with Crippen LogP contribution in [0.1, 0.15) is 38.5 Å². The lowest BCUT2D eigenvalue weighted by atomic mass is 10.2. The smallest absolute Gasteiger partial charge is 0.257 e. The van der Waals surface area contributed by atoms with Gasteiger partial charge in [0.2, 0.25) is 0 Å². The predicted molar refractivity (Wildman–Crippen MR) is 88.0 cm³/mol. The van der Waals surface area contributed by atoms with E-state index in [0.29, 0.717) is 17.0 Å². The van der Waals surface area contributed by atoms with Crippen molar-refractivity contribution in [2.24, 2.45) is 0 Å². The van der Waals surface area contributed by atoms with Gasteiger partial charge in [-0.25, -0.2) is 9.97 Å². The SMILES string of the molecule is CC1CC[C@@H](C)N1C(=O)c1coc(-c2ncnc3[nH]ccc23)c1.[HH]. The highest BCUT2D eigenvalue weighted by atomic mass is 16.3. The monoisotopic (exact) mass is 312 g/mol. The standard InChI is InChI=1S/C17H18N4O2.H2/c1-10-3-4-11(2)21(10)17(22)12-7-14(23-8-12)15-13-5-6-18-16(13)20-9-19-15;/h5-11H,3-4H2,1-2H3,(H,18,19,20);1H/t10-,11?;/m1./s1.